The molecule has 0 bridgehead atoms. The van der Waals surface area contributed by atoms with Gasteiger partial charge in [0.05, 0.1) is 19.4 Å². The highest BCUT2D eigenvalue weighted by Gasteiger charge is 2.14. The topological polar surface area (TPSA) is 37.6 Å². The van der Waals surface area contributed by atoms with E-state index in [4.69, 9.17) is 9.15 Å². The third-order valence-electron chi connectivity index (χ3n) is 3.63. The molecule has 0 saturated carbocycles. The van der Waals surface area contributed by atoms with E-state index in [1.807, 2.05) is 6.26 Å². The summed E-state index contributed by atoms with van der Waals surface area (Å²) in [6.07, 6.45) is 5.23. The van der Waals surface area contributed by atoms with Crippen molar-refractivity contribution >= 4 is 0 Å². The molecule has 0 saturated heterocycles. The monoisotopic (exact) mass is 292 g/mol. The summed E-state index contributed by atoms with van der Waals surface area (Å²) in [7, 11) is 1.75. The molecule has 0 atom stereocenters. The van der Waals surface area contributed by atoms with Crippen molar-refractivity contribution in [3.05, 3.63) is 35.3 Å². The fourth-order valence-corrected chi connectivity index (χ4v) is 2.40. The molecule has 0 amide bonds. The Labute approximate surface area is 128 Å². The average Bonchev–Trinajstić information content (AvgIpc) is 2.86. The van der Waals surface area contributed by atoms with E-state index in [1.54, 1.807) is 7.11 Å². The van der Waals surface area contributed by atoms with Crippen LogP contribution in [-0.2, 0) is 17.8 Å². The Kier molecular flexibility index (Phi) is 5.62. The molecule has 1 aromatic rings. The Morgan fingerprint density at radius 1 is 1.38 bits per heavy atom. The average molecular weight is 292 g/mol. The number of nitrogens with zero attached hydrogens (tertiary/aromatic N) is 1. The van der Waals surface area contributed by atoms with E-state index in [0.717, 1.165) is 45.0 Å². The summed E-state index contributed by atoms with van der Waals surface area (Å²) in [6.45, 7) is 11.1. The highest BCUT2D eigenvalue weighted by Crippen LogP contribution is 2.16. The van der Waals surface area contributed by atoms with E-state index in [9.17, 15) is 0 Å². The smallest absolute Gasteiger partial charge is 0.118 e. The minimum absolute atomic E-state index is 0.132. The van der Waals surface area contributed by atoms with E-state index in [1.165, 1.54) is 11.1 Å². The molecule has 1 aromatic heterocycles. The Hall–Kier alpha value is -1.10. The largest absolute Gasteiger partial charge is 0.468 e. The highest BCUT2D eigenvalue weighted by atomic mass is 16.5. The lowest BCUT2D eigenvalue weighted by molar-refractivity contribution is 0.207. The van der Waals surface area contributed by atoms with Crippen molar-refractivity contribution in [3.8, 4) is 0 Å². The number of hydrogen-bond donors (Lipinski definition) is 1. The molecular weight excluding hydrogens is 264 g/mol. The number of hydrogen-bond acceptors (Lipinski definition) is 4. The standard InChI is InChI=1S/C17H28N2O2/c1-17(2,3)18-10-15-9-16(21-13-15)11-19-7-5-14(6-8-19)12-20-4/h5,9,13,18H,6-8,10-12H2,1-4H3. The van der Waals surface area contributed by atoms with Gasteiger partial charge in [0.15, 0.2) is 0 Å². The van der Waals surface area contributed by atoms with Crippen LogP contribution in [0, 0.1) is 0 Å². The van der Waals surface area contributed by atoms with Crippen molar-refractivity contribution in [2.75, 3.05) is 26.8 Å². The minimum atomic E-state index is 0.132. The van der Waals surface area contributed by atoms with Gasteiger partial charge in [0.25, 0.3) is 0 Å². The molecule has 2 rings (SSSR count). The third-order valence-corrected chi connectivity index (χ3v) is 3.63. The quantitative estimate of drug-likeness (QED) is 0.818. The fourth-order valence-electron chi connectivity index (χ4n) is 2.40. The number of methoxy groups -OCH3 is 1. The highest BCUT2D eigenvalue weighted by molar-refractivity contribution is 5.14. The lowest BCUT2D eigenvalue weighted by Crippen LogP contribution is -2.34. The molecule has 1 aliphatic heterocycles. The summed E-state index contributed by atoms with van der Waals surface area (Å²) in [6, 6.07) is 2.16. The molecule has 21 heavy (non-hydrogen) atoms. The van der Waals surface area contributed by atoms with Gasteiger partial charge in [-0.2, -0.15) is 0 Å². The zero-order valence-corrected chi connectivity index (χ0v) is 13.7. The molecule has 0 fully saturated rings. The molecule has 2 heterocycles. The van der Waals surface area contributed by atoms with Gasteiger partial charge in [-0.05, 0) is 38.8 Å². The van der Waals surface area contributed by atoms with Crippen LogP contribution in [0.5, 0.6) is 0 Å². The molecule has 0 aliphatic carbocycles. The SMILES string of the molecule is COCC1=CCN(Cc2cc(CNC(C)(C)C)co2)CC1. The first-order chi connectivity index (χ1) is 9.96. The maximum atomic E-state index is 5.68. The normalized spacial score (nSPS) is 17.0. The summed E-state index contributed by atoms with van der Waals surface area (Å²) in [5.74, 6) is 1.05. The van der Waals surface area contributed by atoms with Gasteiger partial charge >= 0.3 is 0 Å². The molecular formula is C17H28N2O2. The maximum absolute atomic E-state index is 5.68. The number of nitrogens with one attached hydrogen (secondary N) is 1. The predicted octanol–water partition coefficient (Wildman–Crippen LogP) is 2.95. The molecule has 4 heteroatoms. The molecule has 118 valence electrons. The molecule has 0 radical (unpaired) electrons. The van der Waals surface area contributed by atoms with Crippen LogP contribution in [0.2, 0.25) is 0 Å². The second kappa shape index (κ2) is 7.25. The van der Waals surface area contributed by atoms with Crippen molar-refractivity contribution in [2.45, 2.75) is 45.8 Å². The summed E-state index contributed by atoms with van der Waals surface area (Å²) in [4.78, 5) is 2.40. The third kappa shape index (κ3) is 5.65. The maximum Gasteiger partial charge on any atom is 0.118 e. The molecule has 1 N–H and O–H groups in total. The van der Waals surface area contributed by atoms with Gasteiger partial charge in [-0.3, -0.25) is 4.90 Å². The first kappa shape index (κ1) is 16.3. The van der Waals surface area contributed by atoms with Gasteiger partial charge in [-0.15, -0.1) is 0 Å². The van der Waals surface area contributed by atoms with Gasteiger partial charge in [0, 0.05) is 37.8 Å². The van der Waals surface area contributed by atoms with Crippen molar-refractivity contribution in [1.82, 2.24) is 10.2 Å². The number of ether oxygens (including phenoxy) is 1. The zero-order chi connectivity index (χ0) is 15.3. The summed E-state index contributed by atoms with van der Waals surface area (Å²) >= 11 is 0. The second-order valence-electron chi connectivity index (χ2n) is 6.81. The van der Waals surface area contributed by atoms with Crippen LogP contribution in [0.3, 0.4) is 0 Å². The summed E-state index contributed by atoms with van der Waals surface area (Å²) in [5, 5.41) is 3.48. The van der Waals surface area contributed by atoms with Crippen LogP contribution in [-0.4, -0.2) is 37.2 Å². The van der Waals surface area contributed by atoms with E-state index >= 15 is 0 Å². The van der Waals surface area contributed by atoms with E-state index in [0.29, 0.717) is 0 Å². The van der Waals surface area contributed by atoms with Crippen LogP contribution in [0.25, 0.3) is 0 Å². The zero-order valence-electron chi connectivity index (χ0n) is 13.7. The van der Waals surface area contributed by atoms with E-state index in [2.05, 4.69) is 43.1 Å². The molecule has 0 unspecified atom stereocenters. The second-order valence-corrected chi connectivity index (χ2v) is 6.81. The van der Waals surface area contributed by atoms with Crippen molar-refractivity contribution in [3.63, 3.8) is 0 Å². The van der Waals surface area contributed by atoms with Crippen molar-refractivity contribution < 1.29 is 9.15 Å². The fraction of sp³-hybridized carbons (Fsp3) is 0.647. The Balaban J connectivity index is 1.81. The van der Waals surface area contributed by atoms with Crippen LogP contribution in [0.1, 0.15) is 38.5 Å². The lowest BCUT2D eigenvalue weighted by atomic mass is 10.1. The van der Waals surface area contributed by atoms with Crippen LogP contribution >= 0.6 is 0 Å². The molecule has 4 nitrogen and oxygen atoms in total. The van der Waals surface area contributed by atoms with Gasteiger partial charge < -0.3 is 14.5 Å². The van der Waals surface area contributed by atoms with Gasteiger partial charge in [-0.1, -0.05) is 6.08 Å². The Bertz CT molecular complexity index is 471. The van der Waals surface area contributed by atoms with Gasteiger partial charge in [0.2, 0.25) is 0 Å². The summed E-state index contributed by atoms with van der Waals surface area (Å²) in [5.41, 5.74) is 2.75. The molecule has 0 spiro atoms. The van der Waals surface area contributed by atoms with Crippen molar-refractivity contribution in [2.24, 2.45) is 0 Å². The van der Waals surface area contributed by atoms with Crippen LogP contribution in [0.4, 0.5) is 0 Å². The summed E-state index contributed by atoms with van der Waals surface area (Å²) < 4.78 is 10.9. The minimum Gasteiger partial charge on any atom is -0.468 e. The number of furan rings is 1. The predicted molar refractivity (Wildman–Crippen MR) is 85.2 cm³/mol. The first-order valence-electron chi connectivity index (χ1n) is 7.67. The molecule has 1 aliphatic rings. The molecule has 0 aromatic carbocycles. The Morgan fingerprint density at radius 3 is 2.81 bits per heavy atom. The van der Waals surface area contributed by atoms with Crippen molar-refractivity contribution in [1.29, 1.82) is 0 Å². The first-order valence-corrected chi connectivity index (χ1v) is 7.67. The van der Waals surface area contributed by atoms with E-state index in [-0.39, 0.29) is 5.54 Å². The van der Waals surface area contributed by atoms with Crippen LogP contribution in [0.15, 0.2) is 28.4 Å². The lowest BCUT2D eigenvalue weighted by Gasteiger charge is -2.25. The van der Waals surface area contributed by atoms with Crippen LogP contribution < -0.4 is 5.32 Å². The van der Waals surface area contributed by atoms with Gasteiger partial charge in [0.1, 0.15) is 5.76 Å². The Morgan fingerprint density at radius 2 is 2.19 bits per heavy atom. The van der Waals surface area contributed by atoms with Gasteiger partial charge in [-0.25, -0.2) is 0 Å². The number of rotatable bonds is 6. The van der Waals surface area contributed by atoms with E-state index < -0.39 is 0 Å².